The van der Waals surface area contributed by atoms with E-state index in [1.807, 2.05) is 13.8 Å². The molecule has 0 radical (unpaired) electrons. The van der Waals surface area contributed by atoms with Crippen molar-refractivity contribution in [2.75, 3.05) is 12.4 Å². The molecule has 3 aromatic heterocycles. The van der Waals surface area contributed by atoms with Crippen molar-refractivity contribution in [3.05, 3.63) is 41.1 Å². The molecule has 9 heteroatoms. The fourth-order valence-electron chi connectivity index (χ4n) is 2.49. The molecular formula is C17H20N6O2S. The van der Waals surface area contributed by atoms with Crippen LogP contribution >= 0.6 is 0 Å². The van der Waals surface area contributed by atoms with Gasteiger partial charge in [-0.2, -0.15) is 0 Å². The standard InChI is InChI=1S/C17H20N6O2S/c1-10(2)21-16-15-13(20-9-23(4)17(15)24)7-12(22-16)11-5-6-14(19-8-11)26(25)18-3/h5-10,18H,1-4H3,(H,21,22). The van der Waals surface area contributed by atoms with Gasteiger partial charge in [0.2, 0.25) is 0 Å². The molecule has 136 valence electrons. The Labute approximate surface area is 153 Å². The molecule has 8 nitrogen and oxygen atoms in total. The zero-order valence-electron chi connectivity index (χ0n) is 15.0. The van der Waals surface area contributed by atoms with Gasteiger partial charge in [-0.1, -0.05) is 0 Å². The van der Waals surface area contributed by atoms with E-state index in [4.69, 9.17) is 0 Å². The number of aromatic nitrogens is 4. The van der Waals surface area contributed by atoms with E-state index < -0.39 is 11.0 Å². The lowest BCUT2D eigenvalue weighted by molar-refractivity contribution is 0.675. The first-order valence-corrected chi connectivity index (χ1v) is 9.24. The number of anilines is 1. The van der Waals surface area contributed by atoms with Crippen LogP contribution in [0.2, 0.25) is 0 Å². The van der Waals surface area contributed by atoms with E-state index in [2.05, 4.69) is 25.0 Å². The molecule has 26 heavy (non-hydrogen) atoms. The SMILES string of the molecule is CNS(=O)c1ccc(-c2cc3ncn(C)c(=O)c3c(NC(C)C)n2)cn1. The molecule has 3 aromatic rings. The quantitative estimate of drug-likeness (QED) is 0.703. The minimum atomic E-state index is -1.35. The number of nitrogens with zero attached hydrogens (tertiary/aromatic N) is 4. The van der Waals surface area contributed by atoms with Crippen molar-refractivity contribution in [2.24, 2.45) is 7.05 Å². The van der Waals surface area contributed by atoms with Crippen LogP contribution in [0.4, 0.5) is 5.82 Å². The molecule has 0 amide bonds. The molecule has 0 saturated carbocycles. The Kier molecular flexibility index (Phi) is 5.10. The largest absolute Gasteiger partial charge is 0.367 e. The highest BCUT2D eigenvalue weighted by atomic mass is 32.2. The predicted octanol–water partition coefficient (Wildman–Crippen LogP) is 1.45. The Bertz CT molecular complexity index is 1030. The molecule has 1 atom stereocenters. The van der Waals surface area contributed by atoms with Gasteiger partial charge in [0.1, 0.15) is 27.2 Å². The summed E-state index contributed by atoms with van der Waals surface area (Å²) in [4.78, 5) is 25.7. The van der Waals surface area contributed by atoms with Crippen LogP contribution < -0.4 is 15.6 Å². The van der Waals surface area contributed by atoms with Crippen LogP contribution in [0, 0.1) is 0 Å². The molecule has 0 aliphatic heterocycles. The summed E-state index contributed by atoms with van der Waals surface area (Å²) < 4.78 is 15.8. The highest BCUT2D eigenvalue weighted by molar-refractivity contribution is 7.82. The van der Waals surface area contributed by atoms with Gasteiger partial charge in [0.25, 0.3) is 5.56 Å². The molecule has 0 aliphatic carbocycles. The Balaban J connectivity index is 2.16. The highest BCUT2D eigenvalue weighted by Gasteiger charge is 2.14. The molecule has 0 aromatic carbocycles. The van der Waals surface area contributed by atoms with Gasteiger partial charge in [-0.25, -0.2) is 23.9 Å². The zero-order chi connectivity index (χ0) is 18.8. The maximum absolute atomic E-state index is 12.5. The molecular weight excluding hydrogens is 352 g/mol. The second-order valence-electron chi connectivity index (χ2n) is 6.07. The summed E-state index contributed by atoms with van der Waals surface area (Å²) in [6.45, 7) is 3.95. The third kappa shape index (κ3) is 3.49. The van der Waals surface area contributed by atoms with E-state index in [9.17, 15) is 9.00 Å². The number of hydrogen-bond donors (Lipinski definition) is 2. The van der Waals surface area contributed by atoms with Crippen molar-refractivity contribution in [1.29, 1.82) is 0 Å². The summed E-state index contributed by atoms with van der Waals surface area (Å²) in [5.74, 6) is 0.490. The summed E-state index contributed by atoms with van der Waals surface area (Å²) >= 11 is 0. The monoisotopic (exact) mass is 372 g/mol. The van der Waals surface area contributed by atoms with E-state index in [-0.39, 0.29) is 11.6 Å². The predicted molar refractivity (Wildman–Crippen MR) is 102 cm³/mol. The number of rotatable bonds is 5. The van der Waals surface area contributed by atoms with Crippen LogP contribution in [0.1, 0.15) is 13.8 Å². The third-order valence-corrected chi connectivity index (χ3v) is 4.73. The molecule has 0 aliphatic rings. The van der Waals surface area contributed by atoms with Crippen LogP contribution in [0.25, 0.3) is 22.2 Å². The molecule has 0 spiro atoms. The lowest BCUT2D eigenvalue weighted by Crippen LogP contribution is -2.21. The smallest absolute Gasteiger partial charge is 0.264 e. The molecule has 0 fully saturated rings. The first kappa shape index (κ1) is 18.2. The van der Waals surface area contributed by atoms with Crippen LogP contribution in [-0.4, -0.2) is 36.8 Å². The van der Waals surface area contributed by atoms with E-state index in [0.717, 1.165) is 5.56 Å². The Morgan fingerprint density at radius 3 is 2.62 bits per heavy atom. The number of fused-ring (bicyclic) bond motifs is 1. The lowest BCUT2D eigenvalue weighted by Gasteiger charge is -2.14. The molecule has 1 unspecified atom stereocenters. The summed E-state index contributed by atoms with van der Waals surface area (Å²) in [6, 6.07) is 5.34. The average Bonchev–Trinajstić information content (AvgIpc) is 2.63. The van der Waals surface area contributed by atoms with Crippen molar-refractivity contribution in [1.82, 2.24) is 24.2 Å². The van der Waals surface area contributed by atoms with Gasteiger partial charge in [0.05, 0.1) is 17.5 Å². The second-order valence-corrected chi connectivity index (χ2v) is 7.43. The van der Waals surface area contributed by atoms with E-state index in [1.165, 1.54) is 10.9 Å². The third-order valence-electron chi connectivity index (χ3n) is 3.74. The van der Waals surface area contributed by atoms with Crippen molar-refractivity contribution in [2.45, 2.75) is 24.9 Å². The average molecular weight is 372 g/mol. The van der Waals surface area contributed by atoms with Crippen molar-refractivity contribution >= 4 is 27.7 Å². The van der Waals surface area contributed by atoms with Crippen LogP contribution in [0.5, 0.6) is 0 Å². The maximum Gasteiger partial charge on any atom is 0.264 e. The van der Waals surface area contributed by atoms with Gasteiger partial charge in [-0.15, -0.1) is 0 Å². The maximum atomic E-state index is 12.5. The Morgan fingerprint density at radius 2 is 2.00 bits per heavy atom. The van der Waals surface area contributed by atoms with Crippen molar-refractivity contribution in [3.8, 4) is 11.3 Å². The molecule has 3 heterocycles. The fourth-order valence-corrected chi connectivity index (χ4v) is 3.04. The Morgan fingerprint density at radius 1 is 1.23 bits per heavy atom. The summed E-state index contributed by atoms with van der Waals surface area (Å²) in [6.07, 6.45) is 3.10. The number of hydrogen-bond acceptors (Lipinski definition) is 6. The topological polar surface area (TPSA) is 102 Å². The highest BCUT2D eigenvalue weighted by Crippen LogP contribution is 2.25. The lowest BCUT2D eigenvalue weighted by atomic mass is 10.1. The molecule has 2 N–H and O–H groups in total. The van der Waals surface area contributed by atoms with Crippen LogP contribution in [0.15, 0.2) is 40.5 Å². The van der Waals surface area contributed by atoms with Crippen molar-refractivity contribution < 1.29 is 4.21 Å². The fraction of sp³-hybridized carbons (Fsp3) is 0.294. The van der Waals surface area contributed by atoms with Gasteiger partial charge in [-0.3, -0.25) is 4.79 Å². The summed E-state index contributed by atoms with van der Waals surface area (Å²) in [5.41, 5.74) is 1.79. The molecule has 3 rings (SSSR count). The molecule has 0 bridgehead atoms. The minimum Gasteiger partial charge on any atom is -0.367 e. The summed E-state index contributed by atoms with van der Waals surface area (Å²) in [5, 5.41) is 4.11. The van der Waals surface area contributed by atoms with E-state index in [1.54, 1.807) is 38.5 Å². The zero-order valence-corrected chi connectivity index (χ0v) is 15.8. The van der Waals surface area contributed by atoms with Gasteiger partial charge in [0, 0.05) is 24.8 Å². The number of nitrogens with one attached hydrogen (secondary N) is 2. The first-order valence-electron chi connectivity index (χ1n) is 8.09. The summed E-state index contributed by atoms with van der Waals surface area (Å²) in [7, 11) is 1.92. The van der Waals surface area contributed by atoms with Gasteiger partial charge in [-0.05, 0) is 39.1 Å². The van der Waals surface area contributed by atoms with Gasteiger partial charge >= 0.3 is 0 Å². The Hall–Kier alpha value is -2.65. The van der Waals surface area contributed by atoms with Crippen molar-refractivity contribution in [3.63, 3.8) is 0 Å². The minimum absolute atomic E-state index is 0.101. The normalized spacial score (nSPS) is 12.5. The van der Waals surface area contributed by atoms with Crippen LogP contribution in [-0.2, 0) is 18.0 Å². The van der Waals surface area contributed by atoms with Gasteiger partial charge in [0.15, 0.2) is 0 Å². The van der Waals surface area contributed by atoms with Gasteiger partial charge < -0.3 is 9.88 Å². The number of pyridine rings is 2. The second kappa shape index (κ2) is 7.30. The van der Waals surface area contributed by atoms with E-state index in [0.29, 0.717) is 27.4 Å². The first-order chi connectivity index (χ1) is 12.4. The number of aryl methyl sites for hydroxylation is 1. The van der Waals surface area contributed by atoms with Crippen LogP contribution in [0.3, 0.4) is 0 Å². The molecule has 0 saturated heterocycles. The van der Waals surface area contributed by atoms with E-state index >= 15 is 0 Å².